The van der Waals surface area contributed by atoms with Gasteiger partial charge in [0.25, 0.3) is 0 Å². The Kier molecular flexibility index (Phi) is 3.52. The maximum Gasteiger partial charge on any atom is 0.123 e. The van der Waals surface area contributed by atoms with Gasteiger partial charge < -0.3 is 4.90 Å². The van der Waals surface area contributed by atoms with E-state index in [1.54, 1.807) is 11.3 Å². The van der Waals surface area contributed by atoms with Crippen LogP contribution in [-0.2, 0) is 0 Å². The van der Waals surface area contributed by atoms with Crippen molar-refractivity contribution in [2.75, 3.05) is 19.0 Å². The molecular formula is C17H16N2S. The molecule has 2 heterocycles. The number of pyridine rings is 1. The summed E-state index contributed by atoms with van der Waals surface area (Å²) in [6.45, 7) is 0. The zero-order valence-electron chi connectivity index (χ0n) is 11.6. The molecule has 0 radical (unpaired) electrons. The van der Waals surface area contributed by atoms with Crippen LogP contribution in [0.3, 0.4) is 0 Å². The molecule has 0 aliphatic carbocycles. The van der Waals surface area contributed by atoms with Crippen LogP contribution in [-0.4, -0.2) is 19.1 Å². The molecular weight excluding hydrogens is 264 g/mol. The fourth-order valence-corrected chi connectivity index (χ4v) is 2.79. The first kappa shape index (κ1) is 12.9. The van der Waals surface area contributed by atoms with Crippen molar-refractivity contribution in [3.05, 3.63) is 59.1 Å². The first-order valence-electron chi connectivity index (χ1n) is 6.52. The van der Waals surface area contributed by atoms with Crippen LogP contribution >= 0.6 is 11.3 Å². The second kappa shape index (κ2) is 5.47. The van der Waals surface area contributed by atoms with Gasteiger partial charge >= 0.3 is 0 Å². The molecule has 0 aliphatic rings. The van der Waals surface area contributed by atoms with E-state index < -0.39 is 0 Å². The first-order valence-corrected chi connectivity index (χ1v) is 7.40. The Morgan fingerprint density at radius 1 is 0.950 bits per heavy atom. The van der Waals surface area contributed by atoms with Crippen molar-refractivity contribution in [1.82, 2.24) is 4.98 Å². The molecule has 0 unspecified atom stereocenters. The number of thiophene rings is 1. The van der Waals surface area contributed by atoms with Gasteiger partial charge in [-0.2, -0.15) is 0 Å². The number of nitrogens with zero attached hydrogens (tertiary/aromatic N) is 2. The molecule has 0 bridgehead atoms. The van der Waals surface area contributed by atoms with E-state index >= 15 is 0 Å². The van der Waals surface area contributed by atoms with Crippen LogP contribution in [0.4, 0.5) is 5.69 Å². The zero-order chi connectivity index (χ0) is 13.9. The van der Waals surface area contributed by atoms with Crippen molar-refractivity contribution in [2.45, 2.75) is 0 Å². The van der Waals surface area contributed by atoms with Gasteiger partial charge in [0, 0.05) is 25.2 Å². The number of aromatic nitrogens is 1. The predicted molar refractivity (Wildman–Crippen MR) is 89.3 cm³/mol. The van der Waals surface area contributed by atoms with Gasteiger partial charge in [0.1, 0.15) is 4.83 Å². The summed E-state index contributed by atoms with van der Waals surface area (Å²) in [5.74, 6) is 0. The second-order valence-corrected chi connectivity index (χ2v) is 5.76. The molecule has 0 saturated carbocycles. The van der Waals surface area contributed by atoms with Gasteiger partial charge in [-0.1, -0.05) is 18.2 Å². The van der Waals surface area contributed by atoms with Crippen LogP contribution in [0.15, 0.2) is 47.8 Å². The van der Waals surface area contributed by atoms with E-state index in [-0.39, 0.29) is 0 Å². The number of anilines is 1. The summed E-state index contributed by atoms with van der Waals surface area (Å²) in [6, 6.07) is 14.8. The quantitative estimate of drug-likeness (QED) is 0.700. The molecule has 3 aromatic rings. The van der Waals surface area contributed by atoms with Crippen LogP contribution in [0.1, 0.15) is 11.3 Å². The highest BCUT2D eigenvalue weighted by atomic mass is 32.1. The fourth-order valence-electron chi connectivity index (χ4n) is 2.02. The van der Waals surface area contributed by atoms with Gasteiger partial charge in [-0.15, -0.1) is 11.3 Å². The fraction of sp³-hybridized carbons (Fsp3) is 0.118. The van der Waals surface area contributed by atoms with E-state index in [1.807, 2.05) is 14.1 Å². The summed E-state index contributed by atoms with van der Waals surface area (Å²) in [6.07, 6.45) is 4.16. The Bertz CT molecular complexity index is 739. The lowest BCUT2D eigenvalue weighted by molar-refractivity contribution is 1.13. The van der Waals surface area contributed by atoms with Gasteiger partial charge in [0.05, 0.1) is 5.69 Å². The number of rotatable bonds is 3. The number of hydrogen-bond acceptors (Lipinski definition) is 3. The van der Waals surface area contributed by atoms with Crippen molar-refractivity contribution >= 4 is 39.4 Å². The standard InChI is InChI=1S/C17H16N2S/c1-19(2)16-9-4-13(5-10-16)3-7-15-8-6-14-11-12-20-17(14)18-15/h3-12H,1-2H3. The van der Waals surface area contributed by atoms with Crippen LogP contribution in [0, 0.1) is 0 Å². The van der Waals surface area contributed by atoms with Gasteiger partial charge in [0.15, 0.2) is 0 Å². The number of hydrogen-bond donors (Lipinski definition) is 0. The maximum atomic E-state index is 4.62. The minimum absolute atomic E-state index is 0.997. The Morgan fingerprint density at radius 3 is 2.50 bits per heavy atom. The zero-order valence-corrected chi connectivity index (χ0v) is 12.4. The molecule has 0 aliphatic heterocycles. The third kappa shape index (κ3) is 2.73. The summed E-state index contributed by atoms with van der Waals surface area (Å²) in [5, 5.41) is 3.29. The van der Waals surface area contributed by atoms with Crippen LogP contribution < -0.4 is 4.90 Å². The van der Waals surface area contributed by atoms with E-state index in [4.69, 9.17) is 0 Å². The van der Waals surface area contributed by atoms with Gasteiger partial charge in [-0.05, 0) is 47.4 Å². The lowest BCUT2D eigenvalue weighted by atomic mass is 10.1. The molecule has 20 heavy (non-hydrogen) atoms. The molecule has 100 valence electrons. The molecule has 0 fully saturated rings. The smallest absolute Gasteiger partial charge is 0.123 e. The molecule has 0 saturated heterocycles. The van der Waals surface area contributed by atoms with Gasteiger partial charge in [0.2, 0.25) is 0 Å². The Hall–Kier alpha value is -2.13. The van der Waals surface area contributed by atoms with E-state index in [9.17, 15) is 0 Å². The average Bonchev–Trinajstić information content (AvgIpc) is 2.93. The molecule has 0 N–H and O–H groups in total. The molecule has 3 rings (SSSR count). The average molecular weight is 280 g/mol. The highest BCUT2D eigenvalue weighted by Gasteiger charge is 1.97. The first-order chi connectivity index (χ1) is 9.72. The molecule has 2 aromatic heterocycles. The van der Waals surface area contributed by atoms with Crippen LogP contribution in [0.2, 0.25) is 0 Å². The van der Waals surface area contributed by atoms with Crippen molar-refractivity contribution in [3.63, 3.8) is 0 Å². The molecule has 0 amide bonds. The summed E-state index contributed by atoms with van der Waals surface area (Å²) < 4.78 is 0. The Balaban J connectivity index is 1.82. The third-order valence-electron chi connectivity index (χ3n) is 3.19. The Labute approximate surface area is 123 Å². The normalized spacial score (nSPS) is 11.3. The minimum atomic E-state index is 0.997. The summed E-state index contributed by atoms with van der Waals surface area (Å²) in [7, 11) is 4.09. The summed E-state index contributed by atoms with van der Waals surface area (Å²) in [4.78, 5) is 7.81. The lowest BCUT2D eigenvalue weighted by Crippen LogP contribution is -2.07. The summed E-state index contributed by atoms with van der Waals surface area (Å²) >= 11 is 1.68. The molecule has 1 aromatic carbocycles. The molecule has 0 spiro atoms. The van der Waals surface area contributed by atoms with Crippen LogP contribution in [0.25, 0.3) is 22.4 Å². The van der Waals surface area contributed by atoms with E-state index in [0.29, 0.717) is 0 Å². The van der Waals surface area contributed by atoms with Crippen molar-refractivity contribution < 1.29 is 0 Å². The highest BCUT2D eigenvalue weighted by molar-refractivity contribution is 7.16. The summed E-state index contributed by atoms with van der Waals surface area (Å²) in [5.41, 5.74) is 3.39. The topological polar surface area (TPSA) is 16.1 Å². The highest BCUT2D eigenvalue weighted by Crippen LogP contribution is 2.20. The molecule has 2 nitrogen and oxygen atoms in total. The maximum absolute atomic E-state index is 4.62. The van der Waals surface area contributed by atoms with Crippen molar-refractivity contribution in [1.29, 1.82) is 0 Å². The lowest BCUT2D eigenvalue weighted by Gasteiger charge is -2.11. The van der Waals surface area contributed by atoms with Gasteiger partial charge in [-0.3, -0.25) is 0 Å². The van der Waals surface area contributed by atoms with Crippen molar-refractivity contribution in [2.24, 2.45) is 0 Å². The number of fused-ring (bicyclic) bond motifs is 1. The minimum Gasteiger partial charge on any atom is -0.378 e. The second-order valence-electron chi connectivity index (χ2n) is 4.87. The monoisotopic (exact) mass is 280 g/mol. The Morgan fingerprint density at radius 2 is 1.75 bits per heavy atom. The van der Waals surface area contributed by atoms with E-state index in [1.165, 1.54) is 16.6 Å². The van der Waals surface area contributed by atoms with Gasteiger partial charge in [-0.25, -0.2) is 4.98 Å². The third-order valence-corrected chi connectivity index (χ3v) is 4.02. The molecule has 0 atom stereocenters. The largest absolute Gasteiger partial charge is 0.378 e. The van der Waals surface area contributed by atoms with Crippen LogP contribution in [0.5, 0.6) is 0 Å². The van der Waals surface area contributed by atoms with E-state index in [0.717, 1.165) is 10.5 Å². The molecule has 3 heteroatoms. The van der Waals surface area contributed by atoms with E-state index in [2.05, 4.69) is 69.9 Å². The van der Waals surface area contributed by atoms with Crippen molar-refractivity contribution in [3.8, 4) is 0 Å². The SMILES string of the molecule is CN(C)c1ccc(C=Cc2ccc3ccsc3n2)cc1. The number of benzene rings is 1. The predicted octanol–water partition coefficient (Wildman–Crippen LogP) is 4.53.